The molecule has 1 aromatic carbocycles. The second-order valence-electron chi connectivity index (χ2n) is 6.99. The van der Waals surface area contributed by atoms with Gasteiger partial charge >= 0.3 is 5.97 Å². The van der Waals surface area contributed by atoms with Crippen molar-refractivity contribution in [2.24, 2.45) is 5.92 Å². The molecule has 146 valence electrons. The van der Waals surface area contributed by atoms with Crippen molar-refractivity contribution in [2.45, 2.75) is 26.2 Å². The fourth-order valence-corrected chi connectivity index (χ4v) is 4.90. The van der Waals surface area contributed by atoms with Crippen molar-refractivity contribution in [3.05, 3.63) is 52.1 Å². The van der Waals surface area contributed by atoms with Crippen LogP contribution in [0, 0.1) is 5.92 Å². The number of hydrogen-bond acceptors (Lipinski definition) is 6. The molecule has 0 bridgehead atoms. The summed E-state index contributed by atoms with van der Waals surface area (Å²) < 4.78 is 5.21. The lowest BCUT2D eigenvalue weighted by Gasteiger charge is -2.33. The van der Waals surface area contributed by atoms with Crippen LogP contribution in [0.1, 0.15) is 35.7 Å². The smallest absolute Gasteiger partial charge is 0.339 e. The van der Waals surface area contributed by atoms with Gasteiger partial charge in [0.1, 0.15) is 10.6 Å². The Morgan fingerprint density at radius 3 is 2.71 bits per heavy atom. The predicted octanol–water partition coefficient (Wildman–Crippen LogP) is 4.98. The van der Waals surface area contributed by atoms with Gasteiger partial charge in [-0.25, -0.2) is 9.78 Å². The SMILES string of the molecule is CCOC(=O)c1csc2nc(Cl)nc(N3CCC(Cc4ccccc4)CC3)c12. The molecule has 0 radical (unpaired) electrons. The average Bonchev–Trinajstić information content (AvgIpc) is 3.13. The number of hydrogen-bond donors (Lipinski definition) is 0. The van der Waals surface area contributed by atoms with Crippen LogP contribution in [0.4, 0.5) is 5.82 Å². The van der Waals surface area contributed by atoms with Gasteiger partial charge in [-0.15, -0.1) is 11.3 Å². The Labute approximate surface area is 173 Å². The van der Waals surface area contributed by atoms with Crippen molar-refractivity contribution in [2.75, 3.05) is 24.6 Å². The van der Waals surface area contributed by atoms with Crippen LogP contribution in [-0.2, 0) is 11.2 Å². The van der Waals surface area contributed by atoms with E-state index in [1.54, 1.807) is 12.3 Å². The monoisotopic (exact) mass is 415 g/mol. The molecule has 4 rings (SSSR count). The Bertz CT molecular complexity index is 968. The molecule has 1 fully saturated rings. The second-order valence-corrected chi connectivity index (χ2v) is 8.18. The molecule has 0 saturated carbocycles. The lowest BCUT2D eigenvalue weighted by atomic mass is 9.90. The first kappa shape index (κ1) is 19.2. The zero-order valence-corrected chi connectivity index (χ0v) is 17.3. The summed E-state index contributed by atoms with van der Waals surface area (Å²) in [5.74, 6) is 1.07. The van der Waals surface area contributed by atoms with Crippen molar-refractivity contribution >= 4 is 44.9 Å². The lowest BCUT2D eigenvalue weighted by molar-refractivity contribution is 0.0529. The van der Waals surface area contributed by atoms with Gasteiger partial charge in [-0.05, 0) is 49.3 Å². The quantitative estimate of drug-likeness (QED) is 0.434. The van der Waals surface area contributed by atoms with Gasteiger partial charge in [0.05, 0.1) is 17.6 Å². The minimum atomic E-state index is -0.333. The summed E-state index contributed by atoms with van der Waals surface area (Å²) in [5.41, 5.74) is 1.91. The van der Waals surface area contributed by atoms with E-state index < -0.39 is 0 Å². The number of piperidine rings is 1. The van der Waals surface area contributed by atoms with Gasteiger partial charge in [-0.2, -0.15) is 4.98 Å². The summed E-state index contributed by atoms with van der Waals surface area (Å²) in [6.45, 7) is 3.92. The van der Waals surface area contributed by atoms with E-state index in [0.717, 1.165) is 48.4 Å². The zero-order chi connectivity index (χ0) is 19.5. The summed E-state index contributed by atoms with van der Waals surface area (Å²) in [6, 6.07) is 10.6. The summed E-state index contributed by atoms with van der Waals surface area (Å²) >= 11 is 7.57. The third kappa shape index (κ3) is 3.98. The van der Waals surface area contributed by atoms with Gasteiger partial charge in [0.15, 0.2) is 0 Å². The number of rotatable bonds is 5. The number of fused-ring (bicyclic) bond motifs is 1. The van der Waals surface area contributed by atoms with E-state index in [4.69, 9.17) is 16.3 Å². The maximum atomic E-state index is 12.4. The minimum absolute atomic E-state index is 0.214. The molecular weight excluding hydrogens is 394 g/mol. The molecular formula is C21H22ClN3O2S. The largest absolute Gasteiger partial charge is 0.462 e. The number of nitrogens with zero attached hydrogens (tertiary/aromatic N) is 3. The molecule has 0 amide bonds. The Kier molecular flexibility index (Phi) is 5.78. The van der Waals surface area contributed by atoms with Crippen molar-refractivity contribution < 1.29 is 9.53 Å². The van der Waals surface area contributed by atoms with Crippen LogP contribution >= 0.6 is 22.9 Å². The zero-order valence-electron chi connectivity index (χ0n) is 15.7. The normalized spacial score (nSPS) is 15.1. The fourth-order valence-electron chi connectivity index (χ4n) is 3.78. The fraction of sp³-hybridized carbons (Fsp3) is 0.381. The van der Waals surface area contributed by atoms with Crippen LogP contribution < -0.4 is 4.90 Å². The van der Waals surface area contributed by atoms with Crippen molar-refractivity contribution in [1.29, 1.82) is 0 Å². The van der Waals surface area contributed by atoms with Crippen LogP contribution in [0.5, 0.6) is 0 Å². The second kappa shape index (κ2) is 8.45. The molecule has 0 aliphatic carbocycles. The van der Waals surface area contributed by atoms with E-state index in [1.165, 1.54) is 16.9 Å². The highest BCUT2D eigenvalue weighted by Crippen LogP contribution is 2.35. The van der Waals surface area contributed by atoms with Crippen LogP contribution in [0.15, 0.2) is 35.7 Å². The van der Waals surface area contributed by atoms with E-state index in [1.807, 2.05) is 0 Å². The van der Waals surface area contributed by atoms with Crippen LogP contribution in [0.2, 0.25) is 5.28 Å². The van der Waals surface area contributed by atoms with E-state index in [0.29, 0.717) is 18.1 Å². The molecule has 3 aromatic rings. The number of ether oxygens (including phenoxy) is 1. The Balaban J connectivity index is 1.56. The van der Waals surface area contributed by atoms with Gasteiger partial charge in [-0.1, -0.05) is 30.3 Å². The highest BCUT2D eigenvalue weighted by molar-refractivity contribution is 7.17. The van der Waals surface area contributed by atoms with Gasteiger partial charge in [0, 0.05) is 18.5 Å². The first-order chi connectivity index (χ1) is 13.7. The molecule has 1 aliphatic rings. The lowest BCUT2D eigenvalue weighted by Crippen LogP contribution is -2.35. The number of esters is 1. The summed E-state index contributed by atoms with van der Waals surface area (Å²) in [4.78, 5) is 24.1. The summed E-state index contributed by atoms with van der Waals surface area (Å²) in [5, 5.41) is 2.76. The maximum Gasteiger partial charge on any atom is 0.339 e. The molecule has 0 unspecified atom stereocenters. The van der Waals surface area contributed by atoms with Crippen LogP contribution in [0.25, 0.3) is 10.2 Å². The first-order valence-electron chi connectivity index (χ1n) is 9.56. The number of halogens is 1. The number of benzene rings is 1. The standard InChI is InChI=1S/C21H22ClN3O2S/c1-2-27-20(26)16-13-28-19-17(16)18(23-21(22)24-19)25-10-8-15(9-11-25)12-14-6-4-3-5-7-14/h3-7,13,15H,2,8-12H2,1H3. The highest BCUT2D eigenvalue weighted by atomic mass is 35.5. The van der Waals surface area contributed by atoms with Crippen LogP contribution in [-0.4, -0.2) is 35.6 Å². The summed E-state index contributed by atoms with van der Waals surface area (Å²) in [6.07, 6.45) is 3.26. The average molecular weight is 416 g/mol. The van der Waals surface area contributed by atoms with Gasteiger partial charge < -0.3 is 9.64 Å². The number of thiophene rings is 1. The molecule has 1 saturated heterocycles. The third-order valence-corrected chi connectivity index (χ3v) is 6.21. The molecule has 0 atom stereocenters. The van der Waals surface area contributed by atoms with Crippen molar-refractivity contribution in [3.63, 3.8) is 0 Å². The Morgan fingerprint density at radius 2 is 2.00 bits per heavy atom. The number of carbonyl (C=O) groups excluding carboxylic acids is 1. The molecule has 1 aliphatic heterocycles. The number of aromatic nitrogens is 2. The summed E-state index contributed by atoms with van der Waals surface area (Å²) in [7, 11) is 0. The van der Waals surface area contributed by atoms with E-state index in [-0.39, 0.29) is 11.3 Å². The molecule has 0 spiro atoms. The van der Waals surface area contributed by atoms with Gasteiger partial charge in [0.25, 0.3) is 0 Å². The Morgan fingerprint density at radius 1 is 1.25 bits per heavy atom. The number of anilines is 1. The van der Waals surface area contributed by atoms with Gasteiger partial charge in [0.2, 0.25) is 5.28 Å². The number of carbonyl (C=O) groups is 1. The highest BCUT2D eigenvalue weighted by Gasteiger charge is 2.26. The first-order valence-corrected chi connectivity index (χ1v) is 10.8. The Hall–Kier alpha value is -2.18. The molecule has 28 heavy (non-hydrogen) atoms. The molecule has 2 aromatic heterocycles. The van der Waals surface area contributed by atoms with Crippen LogP contribution in [0.3, 0.4) is 0 Å². The minimum Gasteiger partial charge on any atom is -0.462 e. The topological polar surface area (TPSA) is 55.3 Å². The molecule has 0 N–H and O–H groups in total. The maximum absolute atomic E-state index is 12.4. The molecule has 7 heteroatoms. The molecule has 5 nitrogen and oxygen atoms in total. The predicted molar refractivity (Wildman–Crippen MR) is 113 cm³/mol. The third-order valence-electron chi connectivity index (χ3n) is 5.16. The van der Waals surface area contributed by atoms with Gasteiger partial charge in [-0.3, -0.25) is 0 Å². The van der Waals surface area contributed by atoms with Crippen molar-refractivity contribution in [1.82, 2.24) is 9.97 Å². The van der Waals surface area contributed by atoms with E-state index >= 15 is 0 Å². The van der Waals surface area contributed by atoms with E-state index in [9.17, 15) is 4.79 Å². The molecule has 3 heterocycles. The van der Waals surface area contributed by atoms with Crippen molar-refractivity contribution in [3.8, 4) is 0 Å². The van der Waals surface area contributed by atoms with E-state index in [2.05, 4.69) is 45.2 Å².